The summed E-state index contributed by atoms with van der Waals surface area (Å²) in [4.78, 5) is 64.0. The minimum atomic E-state index is -4.77. The van der Waals surface area contributed by atoms with Crippen molar-refractivity contribution < 1.29 is 42.2 Å². The lowest BCUT2D eigenvalue weighted by Gasteiger charge is -2.51. The number of aromatic nitrogens is 1. The van der Waals surface area contributed by atoms with E-state index in [4.69, 9.17) is 39.5 Å². The molecule has 1 aromatic heterocycles. The molecule has 2 aliphatic heterocycles. The van der Waals surface area contributed by atoms with E-state index in [1.165, 1.54) is 13.2 Å². The van der Waals surface area contributed by atoms with Gasteiger partial charge in [0.1, 0.15) is 0 Å². The number of hydrogen-bond donors (Lipinski definition) is 2. The molecule has 0 unspecified atom stereocenters. The zero-order valence-electron chi connectivity index (χ0n) is 29.1. The van der Waals surface area contributed by atoms with Crippen molar-refractivity contribution in [1.82, 2.24) is 9.99 Å². The van der Waals surface area contributed by atoms with Gasteiger partial charge in [-0.1, -0.05) is 58.6 Å². The second-order valence-electron chi connectivity index (χ2n) is 14.1. The number of pyridine rings is 1. The quantitative estimate of drug-likeness (QED) is 0.145. The van der Waals surface area contributed by atoms with E-state index in [1.54, 1.807) is 48.5 Å². The zero-order chi connectivity index (χ0) is 40.9. The minimum Gasteiger partial charge on any atom is -0.503 e. The van der Waals surface area contributed by atoms with Gasteiger partial charge in [0.05, 0.1) is 51.0 Å². The first-order valence-electron chi connectivity index (χ1n) is 17.2. The third kappa shape index (κ3) is 6.06. The van der Waals surface area contributed by atoms with Crippen LogP contribution in [0.2, 0.25) is 15.1 Å². The van der Waals surface area contributed by atoms with Gasteiger partial charge in [-0.2, -0.15) is 18.2 Å². The standard InChI is InChI=1S/C39H26Br2Cl3F3N4O6/c1-57-27-14-24(30(40)31(41)32(27)52)29-21-10-11-22-28(36(55)50(34(22)53)20-8-6-19(43)7-9-20)23(21)13-25-35(54)51(37(56)38(25,29)16-2-4-18(42)5-3-16)49-33-26(44)12-17(15-48-33)39(45,46)47/h2-10,12,14-15,22-23,25,28-29,52H,11,13H2,1H3,(H,48,49)/t22-,23+,25-,28-,29+,38+/m0/s1. The van der Waals surface area contributed by atoms with E-state index in [0.717, 1.165) is 4.90 Å². The molecule has 2 N–H and O–H groups in total. The molecule has 0 spiro atoms. The Bertz CT molecular complexity index is 2440. The fraction of sp³-hybridized carbons (Fsp3) is 0.256. The Morgan fingerprint density at radius 3 is 2.18 bits per heavy atom. The van der Waals surface area contributed by atoms with E-state index in [1.807, 2.05) is 6.08 Å². The number of imide groups is 2. The van der Waals surface area contributed by atoms with Crippen LogP contribution in [0, 0.1) is 23.7 Å². The van der Waals surface area contributed by atoms with Gasteiger partial charge in [-0.3, -0.25) is 29.5 Å². The van der Waals surface area contributed by atoms with Crippen molar-refractivity contribution in [2.75, 3.05) is 17.4 Å². The van der Waals surface area contributed by atoms with Crippen molar-refractivity contribution in [2.24, 2.45) is 23.7 Å². The van der Waals surface area contributed by atoms with Crippen molar-refractivity contribution in [3.05, 3.63) is 119 Å². The number of rotatable bonds is 6. The summed E-state index contributed by atoms with van der Waals surface area (Å²) in [5.41, 5.74) is 1.27. The number of carbonyl (C=O) groups is 4. The molecule has 6 atom stereocenters. The Balaban J connectivity index is 1.35. The Labute approximate surface area is 354 Å². The highest BCUT2D eigenvalue weighted by atomic mass is 79.9. The maximum Gasteiger partial charge on any atom is 0.417 e. The third-order valence-electron chi connectivity index (χ3n) is 11.3. The molecular formula is C39H26Br2Cl3F3N4O6. The number of aromatic hydroxyl groups is 1. The Morgan fingerprint density at radius 1 is 0.912 bits per heavy atom. The van der Waals surface area contributed by atoms with E-state index >= 15 is 4.79 Å². The topological polar surface area (TPSA) is 129 Å². The third-order valence-corrected chi connectivity index (χ3v) is 14.3. The fourth-order valence-electron chi connectivity index (χ4n) is 8.95. The number of amides is 4. The number of anilines is 2. The van der Waals surface area contributed by atoms with Crippen LogP contribution >= 0.6 is 66.7 Å². The molecule has 1 saturated carbocycles. The van der Waals surface area contributed by atoms with E-state index in [2.05, 4.69) is 42.3 Å². The summed E-state index contributed by atoms with van der Waals surface area (Å²) in [6, 6.07) is 14.8. The highest BCUT2D eigenvalue weighted by Crippen LogP contribution is 2.66. The van der Waals surface area contributed by atoms with E-state index in [0.29, 0.717) is 54.2 Å². The number of carbonyl (C=O) groups excluding carboxylic acids is 4. The Hall–Kier alpha value is -4.15. The van der Waals surface area contributed by atoms with Gasteiger partial charge in [0, 0.05) is 26.6 Å². The number of methoxy groups -OCH3 is 1. The van der Waals surface area contributed by atoms with Crippen molar-refractivity contribution in [3.8, 4) is 11.5 Å². The number of nitrogens with zero attached hydrogens (tertiary/aromatic N) is 3. The van der Waals surface area contributed by atoms with Gasteiger partial charge in [0.25, 0.3) is 11.8 Å². The zero-order valence-corrected chi connectivity index (χ0v) is 34.5. The van der Waals surface area contributed by atoms with Gasteiger partial charge < -0.3 is 9.84 Å². The number of hydrogen-bond acceptors (Lipinski definition) is 8. The first kappa shape index (κ1) is 39.7. The number of ether oxygens (including phenoxy) is 1. The van der Waals surface area contributed by atoms with Gasteiger partial charge in [-0.05, 0) is 110 Å². The van der Waals surface area contributed by atoms with Gasteiger partial charge in [0.2, 0.25) is 11.8 Å². The molecule has 3 heterocycles. The lowest BCUT2D eigenvalue weighted by molar-refractivity contribution is -0.139. The number of fused-ring (bicyclic) bond motifs is 4. The van der Waals surface area contributed by atoms with Crippen LogP contribution < -0.4 is 15.1 Å². The molecule has 2 aliphatic carbocycles. The number of nitrogens with one attached hydrogen (secondary N) is 1. The first-order chi connectivity index (χ1) is 27.0. The van der Waals surface area contributed by atoms with Crippen LogP contribution in [-0.2, 0) is 30.8 Å². The SMILES string of the molecule is COc1cc([C@H]2C3=CC[C@@H]4C(=O)N(c5ccc(Cl)cc5)C(=O)[C@@H]4[C@@H]3C[C@H]3C(=O)N(Nc4ncc(C(F)(F)F)cc4Cl)C(=O)[C@@]23c2ccc(Cl)cc2)c(Br)c(Br)c1O. The molecule has 4 amide bonds. The molecular weight excluding hydrogens is 944 g/mol. The second-order valence-corrected chi connectivity index (χ2v) is 16.9. The molecule has 0 bridgehead atoms. The van der Waals surface area contributed by atoms with Crippen LogP contribution in [0.15, 0.2) is 87.5 Å². The van der Waals surface area contributed by atoms with E-state index < -0.39 is 81.2 Å². The molecule has 18 heteroatoms. The lowest BCUT2D eigenvalue weighted by atomic mass is 9.49. The van der Waals surface area contributed by atoms with Gasteiger partial charge >= 0.3 is 6.18 Å². The summed E-state index contributed by atoms with van der Waals surface area (Å²) in [5.74, 6) is -8.01. The second kappa shape index (κ2) is 14.3. The smallest absolute Gasteiger partial charge is 0.417 e. The summed E-state index contributed by atoms with van der Waals surface area (Å²) in [6.07, 6.45) is -2.39. The fourth-order valence-corrected chi connectivity index (χ4v) is 10.4. The maximum absolute atomic E-state index is 15.5. The first-order valence-corrected chi connectivity index (χ1v) is 19.9. The molecule has 4 aromatic rings. The number of halogens is 8. The minimum absolute atomic E-state index is 0.0211. The van der Waals surface area contributed by atoms with Crippen molar-refractivity contribution in [2.45, 2.75) is 30.4 Å². The van der Waals surface area contributed by atoms with Crippen LogP contribution in [0.3, 0.4) is 0 Å². The highest BCUT2D eigenvalue weighted by molar-refractivity contribution is 9.13. The number of phenols is 1. The molecule has 2 saturated heterocycles. The van der Waals surface area contributed by atoms with Crippen LogP contribution in [-0.4, -0.2) is 45.8 Å². The van der Waals surface area contributed by atoms with Crippen LogP contribution in [0.1, 0.15) is 35.4 Å². The van der Waals surface area contributed by atoms with Crippen LogP contribution in [0.4, 0.5) is 24.7 Å². The highest BCUT2D eigenvalue weighted by Gasteiger charge is 2.71. The van der Waals surface area contributed by atoms with Gasteiger partial charge in [0.15, 0.2) is 17.3 Å². The molecule has 4 aliphatic rings. The number of hydrazine groups is 1. The summed E-state index contributed by atoms with van der Waals surface area (Å²) in [6.45, 7) is 0. The monoisotopic (exact) mass is 966 g/mol. The number of allylic oxidation sites excluding steroid dienone is 2. The molecule has 0 radical (unpaired) electrons. The van der Waals surface area contributed by atoms with Crippen molar-refractivity contribution in [1.29, 1.82) is 0 Å². The van der Waals surface area contributed by atoms with Crippen LogP contribution in [0.25, 0.3) is 0 Å². The van der Waals surface area contributed by atoms with Crippen molar-refractivity contribution in [3.63, 3.8) is 0 Å². The molecule has 57 heavy (non-hydrogen) atoms. The maximum atomic E-state index is 15.5. The lowest BCUT2D eigenvalue weighted by Crippen LogP contribution is -2.53. The average Bonchev–Trinajstić information content (AvgIpc) is 3.56. The molecule has 3 aromatic carbocycles. The van der Waals surface area contributed by atoms with Gasteiger partial charge in [-0.25, -0.2) is 4.98 Å². The largest absolute Gasteiger partial charge is 0.503 e. The predicted molar refractivity (Wildman–Crippen MR) is 211 cm³/mol. The molecule has 8 rings (SSSR count). The van der Waals surface area contributed by atoms with Crippen LogP contribution in [0.5, 0.6) is 11.5 Å². The number of benzene rings is 3. The number of alkyl halides is 3. The molecule has 3 fully saturated rings. The number of phenolic OH excluding ortho intramolecular Hbond substituents is 1. The summed E-state index contributed by atoms with van der Waals surface area (Å²) < 4.78 is 46.6. The molecule has 10 nitrogen and oxygen atoms in total. The van der Waals surface area contributed by atoms with E-state index in [-0.39, 0.29) is 28.8 Å². The Kier molecular flexibility index (Phi) is 9.95. The van der Waals surface area contributed by atoms with Crippen molar-refractivity contribution >= 4 is 102 Å². The Morgan fingerprint density at radius 2 is 1.56 bits per heavy atom. The average molecular weight is 970 g/mol. The molecule has 294 valence electrons. The predicted octanol–water partition coefficient (Wildman–Crippen LogP) is 9.49. The summed E-state index contributed by atoms with van der Waals surface area (Å²) in [5, 5.41) is 11.9. The van der Waals surface area contributed by atoms with Gasteiger partial charge in [-0.15, -0.1) is 0 Å². The summed E-state index contributed by atoms with van der Waals surface area (Å²) in [7, 11) is 1.34. The normalized spacial score (nSPS) is 25.6. The van der Waals surface area contributed by atoms with E-state index in [9.17, 15) is 32.7 Å². The summed E-state index contributed by atoms with van der Waals surface area (Å²) >= 11 is 25.8.